The maximum Gasteiger partial charge on any atom is 0.407 e. The molecule has 2 heterocycles. The molecule has 1 unspecified atom stereocenters. The number of terminal acetylenes is 1. The lowest BCUT2D eigenvalue weighted by molar-refractivity contribution is -0.357. The minimum Gasteiger partial charge on any atom is -0.438 e. The van der Waals surface area contributed by atoms with Gasteiger partial charge in [0.05, 0.1) is 6.61 Å². The van der Waals surface area contributed by atoms with Crippen LogP contribution in [-0.2, 0) is 23.7 Å². The molecule has 2 aliphatic rings. The van der Waals surface area contributed by atoms with Crippen LogP contribution in [0.3, 0.4) is 0 Å². The topological polar surface area (TPSA) is 95.5 Å². The van der Waals surface area contributed by atoms with Crippen molar-refractivity contribution in [3.63, 3.8) is 0 Å². The summed E-state index contributed by atoms with van der Waals surface area (Å²) in [6.07, 6.45) is 1.73. The zero-order valence-electron chi connectivity index (χ0n) is 16.4. The first-order chi connectivity index (χ1) is 14.1. The molecular weight excluding hydrogens is 378 g/mol. The molecule has 6 atom stereocenters. The molecule has 29 heavy (non-hydrogen) atoms. The lowest BCUT2D eigenvalue weighted by Crippen LogP contribution is -2.63. The third-order valence-corrected chi connectivity index (χ3v) is 4.87. The third kappa shape index (κ3) is 5.47. The highest BCUT2D eigenvalue weighted by atomic mass is 16.8. The molecule has 158 valence electrons. The van der Waals surface area contributed by atoms with Crippen molar-refractivity contribution in [2.24, 2.45) is 0 Å². The fourth-order valence-electron chi connectivity index (χ4n) is 3.37. The summed E-state index contributed by atoms with van der Waals surface area (Å²) in [5, 5.41) is 13.5. The maximum absolute atomic E-state index is 12.1. The largest absolute Gasteiger partial charge is 0.438 e. The molecule has 1 aromatic carbocycles. The number of fused-ring (bicyclic) bond motifs is 1. The Morgan fingerprint density at radius 2 is 2.10 bits per heavy atom. The molecule has 2 fully saturated rings. The average molecular weight is 405 g/mol. The second-order valence-corrected chi connectivity index (χ2v) is 6.90. The number of alkyl carbamates (subject to hydrolysis) is 1. The number of amides is 1. The highest BCUT2D eigenvalue weighted by molar-refractivity contribution is 5.67. The standard InChI is InChI=1S/C21H27NO7/c1-3-4-5-9-12-22-21(24)29-18-16(23)17-15(27-20(18)25-2)13-26-19(28-17)14-10-7-6-8-11-14/h1,6-8,10-11,15-20,23H,4-5,9,12-13H2,2H3,(H,22,24)/t15-,16+,17-,18-,19?,20+/m1/s1. The number of carbonyl (C=O) groups excluding carboxylic acids is 1. The molecular formula is C21H27NO7. The Kier molecular flexibility index (Phi) is 7.86. The minimum absolute atomic E-state index is 0.218. The van der Waals surface area contributed by atoms with Gasteiger partial charge in [0, 0.05) is 25.6 Å². The normalized spacial score (nSPS) is 31.3. The van der Waals surface area contributed by atoms with E-state index >= 15 is 0 Å². The number of nitrogens with one attached hydrogen (secondary N) is 1. The van der Waals surface area contributed by atoms with Gasteiger partial charge in [-0.2, -0.15) is 0 Å². The summed E-state index contributed by atoms with van der Waals surface area (Å²) in [4.78, 5) is 12.1. The van der Waals surface area contributed by atoms with E-state index in [1.807, 2.05) is 30.3 Å². The highest BCUT2D eigenvalue weighted by Gasteiger charge is 2.51. The number of aliphatic hydroxyl groups excluding tert-OH is 1. The Morgan fingerprint density at radius 1 is 1.31 bits per heavy atom. The van der Waals surface area contributed by atoms with E-state index in [9.17, 15) is 9.90 Å². The number of carbonyl (C=O) groups is 1. The van der Waals surface area contributed by atoms with Gasteiger partial charge in [-0.1, -0.05) is 30.3 Å². The van der Waals surface area contributed by atoms with Crippen LogP contribution < -0.4 is 5.32 Å². The van der Waals surface area contributed by atoms with Gasteiger partial charge < -0.3 is 34.1 Å². The molecule has 2 aliphatic heterocycles. The molecule has 2 N–H and O–H groups in total. The van der Waals surface area contributed by atoms with Crippen molar-refractivity contribution in [2.45, 2.75) is 56.3 Å². The van der Waals surface area contributed by atoms with E-state index in [0.29, 0.717) is 13.0 Å². The molecule has 1 aromatic rings. The Balaban J connectivity index is 1.59. The van der Waals surface area contributed by atoms with E-state index in [0.717, 1.165) is 18.4 Å². The summed E-state index contributed by atoms with van der Waals surface area (Å²) in [6, 6.07) is 9.40. The first-order valence-corrected chi connectivity index (χ1v) is 9.70. The number of rotatable bonds is 7. The monoisotopic (exact) mass is 405 g/mol. The Hall–Kier alpha value is -2.15. The van der Waals surface area contributed by atoms with E-state index in [4.69, 9.17) is 30.1 Å². The molecule has 1 amide bonds. The van der Waals surface area contributed by atoms with Crippen LogP contribution in [0.2, 0.25) is 0 Å². The second kappa shape index (κ2) is 10.6. The van der Waals surface area contributed by atoms with Crippen molar-refractivity contribution in [3.8, 4) is 12.3 Å². The van der Waals surface area contributed by atoms with Crippen LogP contribution in [0, 0.1) is 12.3 Å². The molecule has 8 heteroatoms. The van der Waals surface area contributed by atoms with Crippen LogP contribution in [-0.4, -0.2) is 62.2 Å². The minimum atomic E-state index is -1.14. The van der Waals surface area contributed by atoms with Crippen molar-refractivity contribution in [3.05, 3.63) is 35.9 Å². The number of hydrogen-bond donors (Lipinski definition) is 2. The number of benzene rings is 1. The Labute approximate surface area is 170 Å². The number of hydrogen-bond acceptors (Lipinski definition) is 7. The van der Waals surface area contributed by atoms with Gasteiger partial charge in [-0.3, -0.25) is 0 Å². The molecule has 0 aliphatic carbocycles. The zero-order chi connectivity index (χ0) is 20.6. The van der Waals surface area contributed by atoms with Gasteiger partial charge in [-0.05, 0) is 12.8 Å². The van der Waals surface area contributed by atoms with Gasteiger partial charge in [0.1, 0.15) is 18.3 Å². The fraction of sp³-hybridized carbons (Fsp3) is 0.571. The summed E-state index contributed by atoms with van der Waals surface area (Å²) in [5.74, 6) is 2.55. The summed E-state index contributed by atoms with van der Waals surface area (Å²) in [7, 11) is 1.42. The van der Waals surface area contributed by atoms with Gasteiger partial charge in [-0.15, -0.1) is 12.3 Å². The number of ether oxygens (including phenoxy) is 5. The van der Waals surface area contributed by atoms with Crippen LogP contribution in [0.25, 0.3) is 0 Å². The predicted octanol–water partition coefficient (Wildman–Crippen LogP) is 1.73. The molecule has 0 saturated carbocycles. The smallest absolute Gasteiger partial charge is 0.407 e. The number of methoxy groups -OCH3 is 1. The van der Waals surface area contributed by atoms with E-state index in [1.165, 1.54) is 7.11 Å². The van der Waals surface area contributed by atoms with Gasteiger partial charge >= 0.3 is 6.09 Å². The first-order valence-electron chi connectivity index (χ1n) is 9.70. The zero-order valence-corrected chi connectivity index (χ0v) is 16.4. The van der Waals surface area contributed by atoms with Crippen molar-refractivity contribution in [1.82, 2.24) is 5.32 Å². The first kappa shape index (κ1) is 21.6. The van der Waals surface area contributed by atoms with Gasteiger partial charge in [0.25, 0.3) is 0 Å². The average Bonchev–Trinajstić information content (AvgIpc) is 2.75. The maximum atomic E-state index is 12.1. The van der Waals surface area contributed by atoms with Crippen molar-refractivity contribution < 1.29 is 33.6 Å². The molecule has 0 radical (unpaired) electrons. The SMILES string of the molecule is C#CCCCCNC(=O)O[C@H]1[C@@H](OC)O[C@@H]2COC(c3ccccc3)O[C@H]2[C@@H]1O. The molecule has 0 spiro atoms. The number of unbranched alkanes of at least 4 members (excludes halogenated alkanes) is 2. The predicted molar refractivity (Wildman–Crippen MR) is 103 cm³/mol. The van der Waals surface area contributed by atoms with Crippen molar-refractivity contribution in [1.29, 1.82) is 0 Å². The summed E-state index contributed by atoms with van der Waals surface area (Å²) in [5.41, 5.74) is 0.828. The van der Waals surface area contributed by atoms with Gasteiger partial charge in [0.2, 0.25) is 0 Å². The molecule has 8 nitrogen and oxygen atoms in total. The van der Waals surface area contributed by atoms with E-state index in [-0.39, 0.29) is 6.61 Å². The van der Waals surface area contributed by atoms with Crippen molar-refractivity contribution in [2.75, 3.05) is 20.3 Å². The van der Waals surface area contributed by atoms with Crippen LogP contribution in [0.5, 0.6) is 0 Å². The van der Waals surface area contributed by atoms with E-state index < -0.39 is 43.1 Å². The Bertz CT molecular complexity index is 692. The molecule has 0 bridgehead atoms. The van der Waals surface area contributed by atoms with Crippen LogP contribution >= 0.6 is 0 Å². The second-order valence-electron chi connectivity index (χ2n) is 6.90. The fourth-order valence-corrected chi connectivity index (χ4v) is 3.37. The lowest BCUT2D eigenvalue weighted by Gasteiger charge is -2.46. The van der Waals surface area contributed by atoms with E-state index in [2.05, 4.69) is 11.2 Å². The van der Waals surface area contributed by atoms with Crippen molar-refractivity contribution >= 4 is 6.09 Å². The summed E-state index contributed by atoms with van der Waals surface area (Å²) >= 11 is 0. The Morgan fingerprint density at radius 3 is 2.83 bits per heavy atom. The van der Waals surface area contributed by atoms with E-state index in [1.54, 1.807) is 0 Å². The third-order valence-electron chi connectivity index (χ3n) is 4.87. The van der Waals surface area contributed by atoms with Gasteiger partial charge in [-0.25, -0.2) is 4.79 Å². The van der Waals surface area contributed by atoms with Crippen LogP contribution in [0.1, 0.15) is 31.1 Å². The number of aliphatic hydroxyl groups is 1. The lowest BCUT2D eigenvalue weighted by atomic mass is 9.97. The highest BCUT2D eigenvalue weighted by Crippen LogP contribution is 2.35. The summed E-state index contributed by atoms with van der Waals surface area (Å²) in [6.45, 7) is 0.642. The van der Waals surface area contributed by atoms with Crippen LogP contribution in [0.15, 0.2) is 30.3 Å². The van der Waals surface area contributed by atoms with Gasteiger partial charge in [0.15, 0.2) is 18.7 Å². The molecule has 0 aromatic heterocycles. The quantitative estimate of drug-likeness (QED) is 0.527. The van der Waals surface area contributed by atoms with Crippen LogP contribution in [0.4, 0.5) is 4.79 Å². The molecule has 2 saturated heterocycles. The molecule has 3 rings (SSSR count). The summed E-state index contributed by atoms with van der Waals surface area (Å²) < 4.78 is 28.1.